The number of hydrogen-bond acceptors (Lipinski definition) is 3. The van der Waals surface area contributed by atoms with Gasteiger partial charge in [-0.1, -0.05) is 0 Å². The van der Waals surface area contributed by atoms with E-state index in [1.54, 1.807) is 6.20 Å². The van der Waals surface area contributed by atoms with E-state index in [0.717, 1.165) is 6.54 Å². The molecular formula is C5H7N3S. The molecule has 0 aliphatic heterocycles. The smallest absolute Gasteiger partial charge is 0.220 e. The van der Waals surface area contributed by atoms with Crippen molar-refractivity contribution in [3.63, 3.8) is 0 Å². The highest BCUT2D eigenvalue weighted by Crippen LogP contribution is 1.84. The highest BCUT2D eigenvalue weighted by atomic mass is 32.1. The van der Waals surface area contributed by atoms with Gasteiger partial charge in [0.25, 0.3) is 0 Å². The minimum Gasteiger partial charge on any atom is -0.321 e. The van der Waals surface area contributed by atoms with Crippen molar-refractivity contribution in [2.24, 2.45) is 0 Å². The fourth-order valence-electron chi connectivity index (χ4n) is 0.555. The molecule has 0 aliphatic carbocycles. The van der Waals surface area contributed by atoms with Gasteiger partial charge in [0, 0.05) is 12.7 Å². The zero-order chi connectivity index (χ0) is 6.69. The molecule has 1 aromatic heterocycles. The molecule has 0 saturated carbocycles. The Kier molecular flexibility index (Phi) is 1.89. The lowest BCUT2D eigenvalue weighted by Gasteiger charge is -1.96. The maximum absolute atomic E-state index is 4.84. The second-order valence-electron chi connectivity index (χ2n) is 1.58. The standard InChI is InChI=1S/C5H7N3S/c1-2-8-4-3-6-7-5(8)9/h3-4H,2H2,1H3. The molecule has 0 unspecified atom stereocenters. The van der Waals surface area contributed by atoms with Crippen molar-refractivity contribution in [3.05, 3.63) is 17.2 Å². The lowest BCUT2D eigenvalue weighted by Crippen LogP contribution is -1.98. The van der Waals surface area contributed by atoms with Crippen LogP contribution in [0.2, 0.25) is 0 Å². The maximum Gasteiger partial charge on any atom is 0.220 e. The molecule has 1 aromatic rings. The molecule has 0 aromatic carbocycles. The maximum atomic E-state index is 4.84. The normalized spacial score (nSPS) is 9.44. The third kappa shape index (κ3) is 1.32. The van der Waals surface area contributed by atoms with Crippen LogP contribution in [0.25, 0.3) is 0 Å². The van der Waals surface area contributed by atoms with Gasteiger partial charge in [0.15, 0.2) is 0 Å². The van der Waals surface area contributed by atoms with Crippen molar-refractivity contribution in [1.29, 1.82) is 0 Å². The summed E-state index contributed by atoms with van der Waals surface area (Å²) in [5, 5.41) is 7.30. The Balaban J connectivity index is 3.16. The largest absolute Gasteiger partial charge is 0.321 e. The predicted octanol–water partition coefficient (Wildman–Crippen LogP) is 1.03. The summed E-state index contributed by atoms with van der Waals surface area (Å²) < 4.78 is 2.39. The van der Waals surface area contributed by atoms with Gasteiger partial charge in [-0.2, -0.15) is 5.10 Å². The summed E-state index contributed by atoms with van der Waals surface area (Å²) in [4.78, 5) is 0. The zero-order valence-electron chi connectivity index (χ0n) is 5.11. The van der Waals surface area contributed by atoms with Crippen LogP contribution in [0.3, 0.4) is 0 Å². The second-order valence-corrected chi connectivity index (χ2v) is 1.95. The summed E-state index contributed by atoms with van der Waals surface area (Å²) in [6.07, 6.45) is 3.44. The lowest BCUT2D eigenvalue weighted by atomic mass is 10.7. The Morgan fingerprint density at radius 1 is 1.78 bits per heavy atom. The average Bonchev–Trinajstić information content (AvgIpc) is 1.89. The van der Waals surface area contributed by atoms with Crippen LogP contribution >= 0.6 is 12.2 Å². The van der Waals surface area contributed by atoms with Gasteiger partial charge in [-0.25, -0.2) is 0 Å². The molecule has 0 atom stereocenters. The van der Waals surface area contributed by atoms with Gasteiger partial charge in [0.2, 0.25) is 4.77 Å². The molecule has 0 amide bonds. The number of aromatic nitrogens is 3. The fourth-order valence-corrected chi connectivity index (χ4v) is 0.792. The number of aryl methyl sites for hydroxylation is 1. The molecule has 3 nitrogen and oxygen atoms in total. The van der Waals surface area contributed by atoms with Crippen LogP contribution in [0.5, 0.6) is 0 Å². The molecule has 1 heterocycles. The molecule has 0 fully saturated rings. The Labute approximate surface area is 58.4 Å². The van der Waals surface area contributed by atoms with Crippen LogP contribution in [-0.4, -0.2) is 14.8 Å². The Hall–Kier alpha value is -0.770. The van der Waals surface area contributed by atoms with Gasteiger partial charge in [-0.3, -0.25) is 0 Å². The summed E-state index contributed by atoms with van der Waals surface area (Å²) >= 11 is 4.84. The van der Waals surface area contributed by atoms with Crippen molar-refractivity contribution in [3.8, 4) is 0 Å². The third-order valence-electron chi connectivity index (χ3n) is 1.04. The third-order valence-corrected chi connectivity index (χ3v) is 1.36. The van der Waals surface area contributed by atoms with Crippen molar-refractivity contribution >= 4 is 12.2 Å². The molecule has 0 spiro atoms. The van der Waals surface area contributed by atoms with Gasteiger partial charge in [-0.05, 0) is 19.1 Å². The first-order valence-electron chi connectivity index (χ1n) is 2.72. The first-order chi connectivity index (χ1) is 4.34. The topological polar surface area (TPSA) is 30.7 Å². The van der Waals surface area contributed by atoms with Gasteiger partial charge >= 0.3 is 0 Å². The van der Waals surface area contributed by atoms with Gasteiger partial charge in [-0.15, -0.1) is 5.10 Å². The second kappa shape index (κ2) is 2.68. The minimum atomic E-state index is 0.542. The highest BCUT2D eigenvalue weighted by molar-refractivity contribution is 7.71. The van der Waals surface area contributed by atoms with E-state index >= 15 is 0 Å². The van der Waals surface area contributed by atoms with E-state index in [0.29, 0.717) is 4.77 Å². The van der Waals surface area contributed by atoms with Crippen LogP contribution in [0, 0.1) is 4.77 Å². The van der Waals surface area contributed by atoms with Crippen molar-refractivity contribution in [2.75, 3.05) is 0 Å². The van der Waals surface area contributed by atoms with E-state index < -0.39 is 0 Å². The zero-order valence-corrected chi connectivity index (χ0v) is 5.93. The summed E-state index contributed by atoms with van der Waals surface area (Å²) in [6, 6.07) is 0. The van der Waals surface area contributed by atoms with Crippen LogP contribution in [-0.2, 0) is 6.54 Å². The number of nitrogens with zero attached hydrogens (tertiary/aromatic N) is 3. The van der Waals surface area contributed by atoms with Gasteiger partial charge in [0.05, 0.1) is 6.20 Å². The van der Waals surface area contributed by atoms with Crippen molar-refractivity contribution in [1.82, 2.24) is 14.8 Å². The van der Waals surface area contributed by atoms with E-state index in [1.807, 2.05) is 17.7 Å². The number of hydrogen-bond donors (Lipinski definition) is 0. The average molecular weight is 141 g/mol. The molecule has 9 heavy (non-hydrogen) atoms. The van der Waals surface area contributed by atoms with Crippen LogP contribution in [0.15, 0.2) is 12.4 Å². The van der Waals surface area contributed by atoms with E-state index in [-0.39, 0.29) is 0 Å². The summed E-state index contributed by atoms with van der Waals surface area (Å²) in [6.45, 7) is 2.87. The first-order valence-corrected chi connectivity index (χ1v) is 3.13. The Bertz CT molecular complexity index is 242. The summed E-state index contributed by atoms with van der Waals surface area (Å²) in [5.74, 6) is 0. The van der Waals surface area contributed by atoms with Crippen LogP contribution < -0.4 is 0 Å². The van der Waals surface area contributed by atoms with Gasteiger partial charge in [0.1, 0.15) is 0 Å². The minimum absolute atomic E-state index is 0.542. The van der Waals surface area contributed by atoms with Crippen molar-refractivity contribution < 1.29 is 0 Å². The van der Waals surface area contributed by atoms with E-state index in [2.05, 4.69) is 10.2 Å². The molecule has 1 rings (SSSR count). The highest BCUT2D eigenvalue weighted by Gasteiger charge is 1.84. The van der Waals surface area contributed by atoms with E-state index in [1.165, 1.54) is 0 Å². The summed E-state index contributed by atoms with van der Waals surface area (Å²) in [5.41, 5.74) is 0. The molecule has 0 radical (unpaired) electrons. The molecule has 4 heteroatoms. The Morgan fingerprint density at radius 2 is 2.56 bits per heavy atom. The Morgan fingerprint density at radius 3 is 3.00 bits per heavy atom. The first kappa shape index (κ1) is 6.35. The van der Waals surface area contributed by atoms with E-state index in [9.17, 15) is 0 Å². The molecule has 0 N–H and O–H groups in total. The van der Waals surface area contributed by atoms with Crippen LogP contribution in [0.1, 0.15) is 6.92 Å². The fraction of sp³-hybridized carbons (Fsp3) is 0.400. The molecule has 0 aliphatic rings. The quantitative estimate of drug-likeness (QED) is 0.547. The lowest BCUT2D eigenvalue weighted by molar-refractivity contribution is 0.694. The predicted molar refractivity (Wildman–Crippen MR) is 36.5 cm³/mol. The van der Waals surface area contributed by atoms with Crippen LogP contribution in [0.4, 0.5) is 0 Å². The molecule has 0 bridgehead atoms. The molecular weight excluding hydrogens is 134 g/mol. The number of rotatable bonds is 1. The van der Waals surface area contributed by atoms with E-state index in [4.69, 9.17) is 12.2 Å². The summed E-state index contributed by atoms with van der Waals surface area (Å²) in [7, 11) is 0. The molecule has 48 valence electrons. The molecule has 0 saturated heterocycles. The van der Waals surface area contributed by atoms with Crippen molar-refractivity contribution in [2.45, 2.75) is 13.5 Å². The monoisotopic (exact) mass is 141 g/mol. The van der Waals surface area contributed by atoms with Gasteiger partial charge < -0.3 is 4.57 Å². The SMILES string of the molecule is CCn1ccnnc1=S.